The van der Waals surface area contributed by atoms with Gasteiger partial charge in [-0.1, -0.05) is 12.1 Å². The van der Waals surface area contributed by atoms with Crippen LogP contribution in [0.3, 0.4) is 0 Å². The first-order valence-electron chi connectivity index (χ1n) is 7.79. The van der Waals surface area contributed by atoms with Crippen molar-refractivity contribution in [3.05, 3.63) is 45.9 Å². The maximum atomic E-state index is 11.0. The van der Waals surface area contributed by atoms with Crippen LogP contribution < -0.4 is 16.0 Å². The van der Waals surface area contributed by atoms with E-state index in [1.54, 1.807) is 18.4 Å². The lowest BCUT2D eigenvalue weighted by molar-refractivity contribution is -0.114. The second-order valence-corrected chi connectivity index (χ2v) is 6.66. The van der Waals surface area contributed by atoms with Gasteiger partial charge in [-0.3, -0.25) is 9.79 Å². The standard InChI is InChI=1S/C17H23N5OS.HI/c1-12-10-20-16(24-12)11-21-17(18-3)19-9-8-14-4-6-15(7-5-14)22-13(2)23;/h4-7,10H,8-9,11H2,1-3H3,(H,22,23)(H2,18,19,21);1H. The Hall–Kier alpha value is -1.68. The van der Waals surface area contributed by atoms with Crippen molar-refractivity contribution in [3.8, 4) is 0 Å². The Morgan fingerprint density at radius 2 is 1.96 bits per heavy atom. The highest BCUT2D eigenvalue weighted by Gasteiger charge is 2.02. The Morgan fingerprint density at radius 1 is 1.24 bits per heavy atom. The van der Waals surface area contributed by atoms with Gasteiger partial charge >= 0.3 is 0 Å². The van der Waals surface area contributed by atoms with Crippen molar-refractivity contribution in [3.63, 3.8) is 0 Å². The summed E-state index contributed by atoms with van der Waals surface area (Å²) in [6, 6.07) is 7.85. The van der Waals surface area contributed by atoms with Crippen LogP contribution in [0.2, 0.25) is 0 Å². The highest BCUT2D eigenvalue weighted by molar-refractivity contribution is 14.0. The number of carbonyl (C=O) groups is 1. The summed E-state index contributed by atoms with van der Waals surface area (Å²) < 4.78 is 0. The van der Waals surface area contributed by atoms with Crippen LogP contribution in [0.4, 0.5) is 5.69 Å². The van der Waals surface area contributed by atoms with E-state index in [9.17, 15) is 4.79 Å². The van der Waals surface area contributed by atoms with E-state index in [-0.39, 0.29) is 29.9 Å². The molecular formula is C17H24IN5OS. The molecule has 6 nitrogen and oxygen atoms in total. The van der Waals surface area contributed by atoms with Gasteiger partial charge < -0.3 is 16.0 Å². The third kappa shape index (κ3) is 7.82. The van der Waals surface area contributed by atoms with E-state index < -0.39 is 0 Å². The molecule has 1 aromatic carbocycles. The topological polar surface area (TPSA) is 78.4 Å². The number of rotatable bonds is 6. The van der Waals surface area contributed by atoms with Gasteiger partial charge in [0.15, 0.2) is 5.96 Å². The molecule has 0 fully saturated rings. The predicted octanol–water partition coefficient (Wildman–Crippen LogP) is 2.94. The molecule has 0 radical (unpaired) electrons. The number of nitrogens with one attached hydrogen (secondary N) is 3. The van der Waals surface area contributed by atoms with Gasteiger partial charge in [-0.2, -0.15) is 0 Å². The quantitative estimate of drug-likeness (QED) is 0.343. The minimum absolute atomic E-state index is 0. The van der Waals surface area contributed by atoms with Crippen LogP contribution in [-0.4, -0.2) is 30.4 Å². The lowest BCUT2D eigenvalue weighted by atomic mass is 10.1. The second-order valence-electron chi connectivity index (χ2n) is 5.35. The van der Waals surface area contributed by atoms with Crippen molar-refractivity contribution >= 4 is 52.9 Å². The van der Waals surface area contributed by atoms with Gasteiger partial charge in [-0.15, -0.1) is 35.3 Å². The molecule has 2 aromatic rings. The number of aryl methyl sites for hydroxylation is 1. The van der Waals surface area contributed by atoms with Crippen molar-refractivity contribution < 1.29 is 4.79 Å². The summed E-state index contributed by atoms with van der Waals surface area (Å²) in [6.07, 6.45) is 2.75. The van der Waals surface area contributed by atoms with E-state index in [0.717, 1.165) is 29.6 Å². The van der Waals surface area contributed by atoms with E-state index in [1.807, 2.05) is 37.4 Å². The minimum Gasteiger partial charge on any atom is -0.356 e. The molecule has 8 heteroatoms. The Bertz CT molecular complexity index is 699. The van der Waals surface area contributed by atoms with Crippen molar-refractivity contribution in [2.24, 2.45) is 4.99 Å². The first-order chi connectivity index (χ1) is 11.6. The van der Waals surface area contributed by atoms with Crippen molar-refractivity contribution in [1.29, 1.82) is 0 Å². The van der Waals surface area contributed by atoms with Gasteiger partial charge in [0.2, 0.25) is 5.91 Å². The molecule has 0 atom stereocenters. The molecular weight excluding hydrogens is 449 g/mol. The van der Waals surface area contributed by atoms with Crippen LogP contribution in [0.1, 0.15) is 22.4 Å². The van der Waals surface area contributed by atoms with Crippen LogP contribution >= 0.6 is 35.3 Å². The minimum atomic E-state index is -0.0604. The van der Waals surface area contributed by atoms with E-state index >= 15 is 0 Å². The van der Waals surface area contributed by atoms with Crippen LogP contribution in [0.25, 0.3) is 0 Å². The van der Waals surface area contributed by atoms with E-state index in [2.05, 4.69) is 25.9 Å². The fourth-order valence-corrected chi connectivity index (χ4v) is 2.87. The van der Waals surface area contributed by atoms with Crippen LogP contribution in [0.5, 0.6) is 0 Å². The second kappa shape index (κ2) is 11.0. The monoisotopic (exact) mass is 473 g/mol. The molecule has 1 heterocycles. The number of anilines is 1. The highest BCUT2D eigenvalue weighted by Crippen LogP contribution is 2.11. The van der Waals surface area contributed by atoms with Crippen LogP contribution in [0.15, 0.2) is 35.5 Å². The number of aliphatic imine (C=N–C) groups is 1. The summed E-state index contributed by atoms with van der Waals surface area (Å²) in [5, 5.41) is 10.3. The SMILES string of the molecule is CN=C(NCCc1ccc(NC(C)=O)cc1)NCc1ncc(C)s1.I. The fourth-order valence-electron chi connectivity index (χ4n) is 2.15. The number of guanidine groups is 1. The molecule has 0 aliphatic rings. The summed E-state index contributed by atoms with van der Waals surface area (Å²) in [6.45, 7) is 4.99. The molecule has 0 saturated carbocycles. The lowest BCUT2D eigenvalue weighted by Crippen LogP contribution is -2.37. The molecule has 0 unspecified atom stereocenters. The molecule has 2 rings (SSSR count). The van der Waals surface area contributed by atoms with Gasteiger partial charge in [0, 0.05) is 37.3 Å². The number of nitrogens with zero attached hydrogens (tertiary/aromatic N) is 2. The summed E-state index contributed by atoms with van der Waals surface area (Å²) in [4.78, 5) is 20.7. The van der Waals surface area contributed by atoms with Gasteiger partial charge in [0.05, 0.1) is 6.54 Å². The fraction of sp³-hybridized carbons (Fsp3) is 0.353. The van der Waals surface area contributed by atoms with E-state index in [4.69, 9.17) is 0 Å². The number of thiazole rings is 1. The Labute approximate surface area is 169 Å². The Kier molecular flexibility index (Phi) is 9.43. The number of carbonyl (C=O) groups excluding carboxylic acids is 1. The van der Waals surface area contributed by atoms with E-state index in [0.29, 0.717) is 6.54 Å². The zero-order chi connectivity index (χ0) is 17.4. The molecule has 3 N–H and O–H groups in total. The number of aromatic nitrogens is 1. The lowest BCUT2D eigenvalue weighted by Gasteiger charge is -2.11. The maximum Gasteiger partial charge on any atom is 0.221 e. The average Bonchev–Trinajstić information content (AvgIpc) is 2.97. The van der Waals surface area contributed by atoms with Crippen molar-refractivity contribution in [2.45, 2.75) is 26.8 Å². The van der Waals surface area contributed by atoms with Crippen molar-refractivity contribution in [1.82, 2.24) is 15.6 Å². The van der Waals surface area contributed by atoms with Crippen LogP contribution in [0, 0.1) is 6.92 Å². The van der Waals surface area contributed by atoms with Gasteiger partial charge in [0.25, 0.3) is 0 Å². The first kappa shape index (κ1) is 21.4. The predicted molar refractivity (Wildman–Crippen MR) is 115 cm³/mol. The first-order valence-corrected chi connectivity index (χ1v) is 8.61. The smallest absolute Gasteiger partial charge is 0.221 e. The Morgan fingerprint density at radius 3 is 2.52 bits per heavy atom. The van der Waals surface area contributed by atoms with Gasteiger partial charge in [-0.05, 0) is 31.0 Å². The van der Waals surface area contributed by atoms with Crippen LogP contribution in [-0.2, 0) is 17.8 Å². The molecule has 0 aliphatic heterocycles. The molecule has 0 bridgehead atoms. The molecule has 136 valence electrons. The third-order valence-electron chi connectivity index (χ3n) is 3.28. The molecule has 1 aromatic heterocycles. The number of hydrogen-bond donors (Lipinski definition) is 3. The number of benzene rings is 1. The largest absolute Gasteiger partial charge is 0.356 e. The molecule has 1 amide bonds. The zero-order valence-corrected chi connectivity index (χ0v) is 17.8. The highest BCUT2D eigenvalue weighted by atomic mass is 127. The summed E-state index contributed by atoms with van der Waals surface area (Å²) in [5.74, 6) is 0.701. The normalized spacial score (nSPS) is 10.8. The number of halogens is 1. The number of hydrogen-bond acceptors (Lipinski definition) is 4. The number of amides is 1. The van der Waals surface area contributed by atoms with E-state index in [1.165, 1.54) is 17.4 Å². The molecule has 0 aliphatic carbocycles. The molecule has 0 spiro atoms. The maximum absolute atomic E-state index is 11.0. The third-order valence-corrected chi connectivity index (χ3v) is 4.19. The Balaban J connectivity index is 0.00000312. The average molecular weight is 473 g/mol. The zero-order valence-electron chi connectivity index (χ0n) is 14.6. The van der Waals surface area contributed by atoms with Gasteiger partial charge in [0.1, 0.15) is 5.01 Å². The molecule has 25 heavy (non-hydrogen) atoms. The summed E-state index contributed by atoms with van der Waals surface area (Å²) in [7, 11) is 1.75. The summed E-state index contributed by atoms with van der Waals surface area (Å²) in [5.41, 5.74) is 2.01. The van der Waals surface area contributed by atoms with Gasteiger partial charge in [-0.25, -0.2) is 4.98 Å². The van der Waals surface area contributed by atoms with Crippen molar-refractivity contribution in [2.75, 3.05) is 18.9 Å². The molecule has 0 saturated heterocycles. The summed E-state index contributed by atoms with van der Waals surface area (Å²) >= 11 is 1.68.